The zero-order chi connectivity index (χ0) is 32.1. The largest absolute Gasteiger partial charge is 0.494 e. The number of benzene rings is 1. The maximum Gasteiger partial charge on any atom is 0.494 e. The van der Waals surface area contributed by atoms with E-state index in [2.05, 4.69) is 19.6 Å². The molecule has 236 valence electrons. The van der Waals surface area contributed by atoms with Crippen molar-refractivity contribution in [3.8, 4) is 0 Å². The maximum atomic E-state index is 15.5. The van der Waals surface area contributed by atoms with E-state index in [1.165, 1.54) is 26.1 Å². The maximum absolute atomic E-state index is 15.5. The van der Waals surface area contributed by atoms with Gasteiger partial charge in [-0.2, -0.15) is 0 Å². The van der Waals surface area contributed by atoms with Gasteiger partial charge in [0.1, 0.15) is 23.7 Å². The molecule has 42 heavy (non-hydrogen) atoms. The minimum absolute atomic E-state index is 0.0349. The summed E-state index contributed by atoms with van der Waals surface area (Å²) in [5, 5.41) is 0. The Hall–Kier alpha value is -2.00. The Morgan fingerprint density at radius 2 is 1.71 bits per heavy atom. The first-order valence-electron chi connectivity index (χ1n) is 14.2. The van der Waals surface area contributed by atoms with Crippen LogP contribution >= 0.6 is 0 Å². The molecule has 2 aliphatic rings. The van der Waals surface area contributed by atoms with E-state index in [9.17, 15) is 13.2 Å². The normalized spacial score (nSPS) is 23.5. The molecule has 3 rings (SSSR count). The third-order valence-corrected chi connectivity index (χ3v) is 11.3. The molecular weight excluding hydrogens is 580 g/mol. The van der Waals surface area contributed by atoms with Crippen LogP contribution in [0.4, 0.5) is 9.18 Å². The molecule has 0 N–H and O–H groups in total. The van der Waals surface area contributed by atoms with E-state index >= 15 is 4.39 Å². The fourth-order valence-corrected chi connectivity index (χ4v) is 6.66. The van der Waals surface area contributed by atoms with Crippen molar-refractivity contribution in [1.82, 2.24) is 9.21 Å². The Kier molecular flexibility index (Phi) is 9.44. The molecule has 1 aromatic rings. The van der Waals surface area contributed by atoms with Gasteiger partial charge in [-0.25, -0.2) is 31.8 Å². The second-order valence-electron chi connectivity index (χ2n) is 14.5. The van der Waals surface area contributed by atoms with Crippen LogP contribution in [0.2, 0.25) is 25.7 Å². The van der Waals surface area contributed by atoms with Gasteiger partial charge in [0.05, 0.1) is 17.0 Å². The lowest BCUT2D eigenvalue weighted by atomic mass is 9.76. The summed E-state index contributed by atoms with van der Waals surface area (Å²) in [5.41, 5.74) is -3.15. The van der Waals surface area contributed by atoms with E-state index in [0.29, 0.717) is 12.1 Å². The van der Waals surface area contributed by atoms with Gasteiger partial charge in [0, 0.05) is 27.3 Å². The molecule has 0 aliphatic carbocycles. The lowest BCUT2D eigenvalue weighted by Crippen LogP contribution is -2.56. The highest BCUT2D eigenvalue weighted by Crippen LogP contribution is 2.38. The lowest BCUT2D eigenvalue weighted by molar-refractivity contribution is 0.00578. The van der Waals surface area contributed by atoms with Crippen molar-refractivity contribution in [2.75, 3.05) is 26.1 Å². The van der Waals surface area contributed by atoms with Crippen molar-refractivity contribution in [1.29, 1.82) is 0 Å². The standard InChI is InChI=1S/C28H47BFN3O7SSi/c1-25(2,3)38-24(34)33(19-37-15-16-42(10,11)12)23-31-28(8,18-41(35,36)32(23)9)21-17-20(13-14-22(21)30)29-39-26(4,5)27(6,7)40-29/h13-14,17H,15-16,18-19H2,1-12H3/t28-/m0/s1. The summed E-state index contributed by atoms with van der Waals surface area (Å²) >= 11 is 0. The van der Waals surface area contributed by atoms with Crippen LogP contribution in [0.25, 0.3) is 0 Å². The first-order chi connectivity index (χ1) is 18.9. The van der Waals surface area contributed by atoms with Gasteiger partial charge < -0.3 is 18.8 Å². The van der Waals surface area contributed by atoms with Crippen LogP contribution in [0.15, 0.2) is 23.2 Å². The van der Waals surface area contributed by atoms with Gasteiger partial charge >= 0.3 is 13.2 Å². The second-order valence-corrected chi connectivity index (χ2v) is 22.1. The topological polar surface area (TPSA) is 107 Å². The van der Waals surface area contributed by atoms with Crippen LogP contribution in [0.1, 0.15) is 61.0 Å². The van der Waals surface area contributed by atoms with E-state index in [4.69, 9.17) is 23.8 Å². The van der Waals surface area contributed by atoms with Crippen LogP contribution in [-0.2, 0) is 34.3 Å². The highest BCUT2D eigenvalue weighted by Gasteiger charge is 2.52. The number of hydrogen-bond acceptors (Lipinski definition) is 8. The first-order valence-corrected chi connectivity index (χ1v) is 19.5. The summed E-state index contributed by atoms with van der Waals surface area (Å²) < 4.78 is 67.3. The molecule has 0 unspecified atom stereocenters. The monoisotopic (exact) mass is 627 g/mol. The van der Waals surface area contributed by atoms with Crippen LogP contribution in [0, 0.1) is 5.82 Å². The Morgan fingerprint density at radius 1 is 1.14 bits per heavy atom. The third kappa shape index (κ3) is 7.74. The van der Waals surface area contributed by atoms with Gasteiger partial charge in [0.25, 0.3) is 0 Å². The molecule has 1 saturated heterocycles. The van der Waals surface area contributed by atoms with Crippen molar-refractivity contribution >= 4 is 42.7 Å². The fourth-order valence-electron chi connectivity index (χ4n) is 4.39. The van der Waals surface area contributed by atoms with Crippen molar-refractivity contribution in [2.24, 2.45) is 4.99 Å². The third-order valence-electron chi connectivity index (χ3n) is 7.68. The van der Waals surface area contributed by atoms with Gasteiger partial charge in [-0.3, -0.25) is 0 Å². The number of amides is 1. The number of sulfonamides is 1. The van der Waals surface area contributed by atoms with Gasteiger partial charge in [0.2, 0.25) is 16.0 Å². The summed E-state index contributed by atoms with van der Waals surface area (Å²) in [5.74, 6) is -1.38. The van der Waals surface area contributed by atoms with Crippen molar-refractivity contribution < 1.29 is 36.4 Å². The van der Waals surface area contributed by atoms with Crippen molar-refractivity contribution in [3.63, 3.8) is 0 Å². The number of hydrogen-bond donors (Lipinski definition) is 0. The highest BCUT2D eigenvalue weighted by molar-refractivity contribution is 7.89. The molecular formula is C28H47BFN3O7SSi. The smallest absolute Gasteiger partial charge is 0.443 e. The lowest BCUT2D eigenvalue weighted by Gasteiger charge is -2.39. The highest BCUT2D eigenvalue weighted by atomic mass is 32.2. The quantitative estimate of drug-likeness (QED) is 0.249. The Balaban J connectivity index is 2.08. The van der Waals surface area contributed by atoms with Gasteiger partial charge in [-0.05, 0) is 73.0 Å². The molecule has 1 aromatic carbocycles. The summed E-state index contributed by atoms with van der Waals surface area (Å²) in [6.07, 6.45) is -0.827. The van der Waals surface area contributed by atoms with Gasteiger partial charge in [-0.1, -0.05) is 31.8 Å². The number of halogens is 1. The van der Waals surface area contributed by atoms with Crippen molar-refractivity contribution in [3.05, 3.63) is 29.6 Å². The summed E-state index contributed by atoms with van der Waals surface area (Å²) in [6.45, 7) is 21.0. The Bertz CT molecular complexity index is 1310. The number of rotatable bonds is 7. The Labute approximate surface area is 252 Å². The number of nitrogens with zero attached hydrogens (tertiary/aromatic N) is 3. The van der Waals surface area contributed by atoms with E-state index in [1.807, 2.05) is 27.7 Å². The molecule has 10 nitrogen and oxygen atoms in total. The molecule has 0 aromatic heterocycles. The van der Waals surface area contributed by atoms with Gasteiger partial charge in [0.15, 0.2) is 0 Å². The van der Waals surface area contributed by atoms with Crippen LogP contribution in [-0.4, -0.2) is 87.8 Å². The summed E-state index contributed by atoms with van der Waals surface area (Å²) in [4.78, 5) is 19.2. The Morgan fingerprint density at radius 3 is 2.24 bits per heavy atom. The molecule has 0 radical (unpaired) electrons. The average molecular weight is 628 g/mol. The molecule has 0 spiro atoms. The zero-order valence-electron chi connectivity index (χ0n) is 27.1. The number of guanidine groups is 1. The van der Waals surface area contributed by atoms with E-state index < -0.39 is 65.2 Å². The molecule has 2 heterocycles. The number of aliphatic imine (C=N–C) groups is 1. The fraction of sp³-hybridized carbons (Fsp3) is 0.714. The van der Waals surface area contributed by atoms with Crippen LogP contribution < -0.4 is 5.46 Å². The predicted molar refractivity (Wildman–Crippen MR) is 165 cm³/mol. The number of carbonyl (C=O) groups excluding carboxylic acids is 1. The number of carbonyl (C=O) groups is 1. The van der Waals surface area contributed by atoms with E-state index in [1.54, 1.807) is 26.8 Å². The molecule has 1 fully saturated rings. The van der Waals surface area contributed by atoms with E-state index in [-0.39, 0.29) is 18.3 Å². The molecule has 1 amide bonds. The SMILES string of the molecule is CN1C(N(COCC[Si](C)(C)C)C(=O)OC(C)(C)C)=N[C@](C)(c2cc(B3OC(C)(C)C(C)(C)O3)ccc2F)CS1(=O)=O. The summed E-state index contributed by atoms with van der Waals surface area (Å²) in [7, 11) is -4.97. The zero-order valence-corrected chi connectivity index (χ0v) is 28.9. The molecule has 0 saturated carbocycles. The molecule has 2 aliphatic heterocycles. The van der Waals surface area contributed by atoms with Crippen LogP contribution in [0.5, 0.6) is 0 Å². The molecule has 14 heteroatoms. The van der Waals surface area contributed by atoms with Gasteiger partial charge in [-0.15, -0.1) is 0 Å². The predicted octanol–water partition coefficient (Wildman–Crippen LogP) is 4.52. The molecule has 0 bridgehead atoms. The molecule has 1 atom stereocenters. The van der Waals surface area contributed by atoms with Crippen molar-refractivity contribution in [2.45, 2.75) is 103 Å². The minimum Gasteiger partial charge on any atom is -0.443 e. The minimum atomic E-state index is -4.05. The first kappa shape index (κ1) is 34.5. The van der Waals surface area contributed by atoms with E-state index in [0.717, 1.165) is 15.2 Å². The second kappa shape index (κ2) is 11.5. The number of ether oxygens (including phenoxy) is 2. The average Bonchev–Trinajstić information content (AvgIpc) is 3.01. The summed E-state index contributed by atoms with van der Waals surface area (Å²) in [6, 6.07) is 5.18. The van der Waals surface area contributed by atoms with Crippen LogP contribution in [0.3, 0.4) is 0 Å².